The molecular weight excluding hydrogens is 526 g/mol. The summed E-state index contributed by atoms with van der Waals surface area (Å²) in [6.07, 6.45) is 12.5. The van der Waals surface area contributed by atoms with Crippen LogP contribution in [0.25, 0.3) is 10.8 Å². The molecule has 2 amide bonds. The smallest absolute Gasteiger partial charge is 0.345 e. The lowest BCUT2D eigenvalue weighted by molar-refractivity contribution is -0.126. The number of nitrogens with one attached hydrogen (secondary N) is 2. The van der Waals surface area contributed by atoms with E-state index in [9.17, 15) is 14.4 Å². The molecule has 0 bridgehead atoms. The third-order valence-electron chi connectivity index (χ3n) is 6.56. The lowest BCUT2D eigenvalue weighted by atomic mass is 10.0. The van der Waals surface area contributed by atoms with Gasteiger partial charge >= 0.3 is 5.97 Å². The highest BCUT2D eigenvalue weighted by Gasteiger charge is 2.16. The molecule has 0 aliphatic rings. The van der Waals surface area contributed by atoms with Gasteiger partial charge in [-0.05, 0) is 35.4 Å². The molecular formula is C32H38ClN3O4. The highest BCUT2D eigenvalue weighted by molar-refractivity contribution is 6.33. The van der Waals surface area contributed by atoms with E-state index in [1.807, 2.05) is 30.3 Å². The maximum Gasteiger partial charge on any atom is 0.345 e. The van der Waals surface area contributed by atoms with E-state index < -0.39 is 11.9 Å². The predicted molar refractivity (Wildman–Crippen MR) is 161 cm³/mol. The molecule has 0 aromatic heterocycles. The molecule has 2 N–H and O–H groups in total. The van der Waals surface area contributed by atoms with Crippen molar-refractivity contribution in [3.8, 4) is 5.75 Å². The SMILES string of the molecule is CCCCCCCCCCCC(=O)NCC(=O)N/N=C/c1c(OC(=O)c2ccccc2Cl)ccc2ccccc12. The fourth-order valence-electron chi connectivity index (χ4n) is 4.35. The number of nitrogens with zero attached hydrogens (tertiary/aromatic N) is 1. The van der Waals surface area contributed by atoms with Crippen molar-refractivity contribution < 1.29 is 19.1 Å². The van der Waals surface area contributed by atoms with Crippen molar-refractivity contribution in [1.82, 2.24) is 10.7 Å². The van der Waals surface area contributed by atoms with Gasteiger partial charge in [-0.25, -0.2) is 10.2 Å². The zero-order valence-electron chi connectivity index (χ0n) is 23.1. The van der Waals surface area contributed by atoms with Crippen LogP contribution in [0.15, 0.2) is 65.8 Å². The van der Waals surface area contributed by atoms with E-state index in [-0.39, 0.29) is 28.8 Å². The zero-order valence-corrected chi connectivity index (χ0v) is 23.8. The highest BCUT2D eigenvalue weighted by Crippen LogP contribution is 2.28. The molecule has 0 spiro atoms. The predicted octanol–water partition coefficient (Wildman–Crippen LogP) is 7.20. The molecule has 0 unspecified atom stereocenters. The topological polar surface area (TPSA) is 96.9 Å². The van der Waals surface area contributed by atoms with Gasteiger partial charge in [0.1, 0.15) is 5.75 Å². The van der Waals surface area contributed by atoms with E-state index in [1.54, 1.807) is 30.3 Å². The number of hydrogen-bond donors (Lipinski definition) is 2. The second-order valence-electron chi connectivity index (χ2n) is 9.72. The van der Waals surface area contributed by atoms with Crippen molar-refractivity contribution in [2.24, 2.45) is 5.10 Å². The Morgan fingerprint density at radius 2 is 1.50 bits per heavy atom. The number of carbonyl (C=O) groups is 3. The Balaban J connectivity index is 1.49. The lowest BCUT2D eigenvalue weighted by Crippen LogP contribution is -2.34. The molecule has 8 heteroatoms. The van der Waals surface area contributed by atoms with E-state index in [0.717, 1.165) is 30.0 Å². The van der Waals surface area contributed by atoms with Gasteiger partial charge in [-0.3, -0.25) is 9.59 Å². The maximum atomic E-state index is 12.8. The number of unbranched alkanes of at least 4 members (excludes halogenated alkanes) is 8. The average Bonchev–Trinajstić information content (AvgIpc) is 2.96. The van der Waals surface area contributed by atoms with E-state index >= 15 is 0 Å². The van der Waals surface area contributed by atoms with Crippen molar-refractivity contribution in [3.05, 3.63) is 76.8 Å². The first-order valence-electron chi connectivity index (χ1n) is 14.1. The van der Waals surface area contributed by atoms with Crippen molar-refractivity contribution in [2.45, 2.75) is 71.1 Å². The number of carbonyl (C=O) groups excluding carboxylic acids is 3. The van der Waals surface area contributed by atoms with Gasteiger partial charge < -0.3 is 10.1 Å². The Hall–Kier alpha value is -3.71. The first-order chi connectivity index (χ1) is 19.5. The monoisotopic (exact) mass is 563 g/mol. The van der Waals surface area contributed by atoms with E-state index in [4.69, 9.17) is 16.3 Å². The summed E-state index contributed by atoms with van der Waals surface area (Å²) < 4.78 is 5.66. The molecule has 0 atom stereocenters. The van der Waals surface area contributed by atoms with Gasteiger partial charge in [0.15, 0.2) is 0 Å². The fraction of sp³-hybridized carbons (Fsp3) is 0.375. The molecule has 0 fully saturated rings. The molecule has 7 nitrogen and oxygen atoms in total. The summed E-state index contributed by atoms with van der Waals surface area (Å²) >= 11 is 6.15. The molecule has 0 saturated heterocycles. The number of benzene rings is 3. The minimum atomic E-state index is -0.603. The molecule has 0 saturated carbocycles. The first-order valence-corrected chi connectivity index (χ1v) is 14.4. The molecule has 0 aliphatic carbocycles. The summed E-state index contributed by atoms with van der Waals surface area (Å²) in [6, 6.07) is 17.7. The zero-order chi connectivity index (χ0) is 28.6. The van der Waals surface area contributed by atoms with E-state index in [2.05, 4.69) is 22.8 Å². The third-order valence-corrected chi connectivity index (χ3v) is 6.89. The first kappa shape index (κ1) is 30.8. The van der Waals surface area contributed by atoms with Crippen molar-refractivity contribution in [1.29, 1.82) is 0 Å². The normalized spacial score (nSPS) is 11.1. The maximum absolute atomic E-state index is 12.8. The molecule has 3 aromatic carbocycles. The summed E-state index contributed by atoms with van der Waals surface area (Å²) in [5.41, 5.74) is 3.20. The molecule has 0 heterocycles. The highest BCUT2D eigenvalue weighted by atomic mass is 35.5. The number of amides is 2. The Morgan fingerprint density at radius 1 is 0.825 bits per heavy atom. The summed E-state index contributed by atoms with van der Waals surface area (Å²) in [4.78, 5) is 37.1. The van der Waals surface area contributed by atoms with Crippen LogP contribution in [0, 0.1) is 0 Å². The van der Waals surface area contributed by atoms with Crippen LogP contribution in [0.1, 0.15) is 87.1 Å². The van der Waals surface area contributed by atoms with Gasteiger partial charge in [0.25, 0.3) is 5.91 Å². The van der Waals surface area contributed by atoms with Crippen LogP contribution < -0.4 is 15.5 Å². The Bertz CT molecular complexity index is 1310. The summed E-state index contributed by atoms with van der Waals surface area (Å²) in [5.74, 6) is -0.929. The Kier molecular flexibility index (Phi) is 13.2. The van der Waals surface area contributed by atoms with E-state index in [0.29, 0.717) is 12.0 Å². The minimum Gasteiger partial charge on any atom is -0.422 e. The standard InChI is InChI=1S/C32H38ClN3O4/c1-2-3-4-5-6-7-8-9-10-19-30(37)34-23-31(38)36-35-22-27-25-16-12-11-15-24(25)20-21-29(27)40-32(39)26-17-13-14-18-28(26)33/h11-18,20-22H,2-10,19,23H2,1H3,(H,34,37)(H,36,38)/b35-22+. The lowest BCUT2D eigenvalue weighted by Gasteiger charge is -2.11. The van der Waals surface area contributed by atoms with Crippen molar-refractivity contribution in [2.75, 3.05) is 6.54 Å². The quantitative estimate of drug-likeness (QED) is 0.0633. The van der Waals surface area contributed by atoms with Crippen LogP contribution in [-0.4, -0.2) is 30.5 Å². The largest absolute Gasteiger partial charge is 0.422 e. The number of fused-ring (bicyclic) bond motifs is 1. The number of hydrazone groups is 1. The molecule has 212 valence electrons. The molecule has 3 rings (SSSR count). The Morgan fingerprint density at radius 3 is 2.25 bits per heavy atom. The number of hydrogen-bond acceptors (Lipinski definition) is 5. The van der Waals surface area contributed by atoms with Crippen molar-refractivity contribution >= 4 is 46.4 Å². The van der Waals surface area contributed by atoms with Crippen LogP contribution >= 0.6 is 11.6 Å². The van der Waals surface area contributed by atoms with Gasteiger partial charge in [0.05, 0.1) is 23.3 Å². The van der Waals surface area contributed by atoms with Crippen LogP contribution in [0.4, 0.5) is 0 Å². The van der Waals surface area contributed by atoms with Gasteiger partial charge in [-0.2, -0.15) is 5.10 Å². The second kappa shape index (κ2) is 17.1. The van der Waals surface area contributed by atoms with Crippen LogP contribution in [0.2, 0.25) is 5.02 Å². The number of ether oxygens (including phenoxy) is 1. The van der Waals surface area contributed by atoms with Gasteiger partial charge in [0, 0.05) is 12.0 Å². The van der Waals surface area contributed by atoms with Crippen LogP contribution in [0.3, 0.4) is 0 Å². The van der Waals surface area contributed by atoms with Crippen LogP contribution in [0.5, 0.6) is 5.75 Å². The minimum absolute atomic E-state index is 0.148. The molecule has 0 radical (unpaired) electrons. The number of rotatable bonds is 16. The summed E-state index contributed by atoms with van der Waals surface area (Å²) in [5, 5.41) is 8.69. The Labute approximate surface area is 241 Å². The molecule has 0 aliphatic heterocycles. The van der Waals surface area contributed by atoms with Crippen LogP contribution in [-0.2, 0) is 9.59 Å². The summed E-state index contributed by atoms with van der Waals surface area (Å²) in [6.45, 7) is 2.05. The average molecular weight is 564 g/mol. The van der Waals surface area contributed by atoms with Crippen molar-refractivity contribution in [3.63, 3.8) is 0 Å². The third kappa shape index (κ3) is 10.1. The second-order valence-corrected chi connectivity index (χ2v) is 10.1. The fourth-order valence-corrected chi connectivity index (χ4v) is 4.56. The molecule has 3 aromatic rings. The number of halogens is 1. The number of esters is 1. The molecule has 40 heavy (non-hydrogen) atoms. The summed E-state index contributed by atoms with van der Waals surface area (Å²) in [7, 11) is 0. The van der Waals surface area contributed by atoms with Gasteiger partial charge in [-0.15, -0.1) is 0 Å². The van der Waals surface area contributed by atoms with Gasteiger partial charge in [0.2, 0.25) is 5.91 Å². The van der Waals surface area contributed by atoms with E-state index in [1.165, 1.54) is 44.7 Å². The van der Waals surface area contributed by atoms with Gasteiger partial charge in [-0.1, -0.05) is 112 Å².